The Bertz CT molecular complexity index is 238. The van der Waals surface area contributed by atoms with E-state index in [0.29, 0.717) is 18.4 Å². The quantitative estimate of drug-likeness (QED) is 0.785. The molecular formula is C13H26N2O2. The van der Waals surface area contributed by atoms with Gasteiger partial charge in [-0.1, -0.05) is 13.8 Å². The number of carbonyl (C=O) groups excluding carboxylic acids is 1. The number of nitrogens with zero attached hydrogens (tertiary/aromatic N) is 1. The van der Waals surface area contributed by atoms with Gasteiger partial charge in [-0.25, -0.2) is 0 Å². The summed E-state index contributed by atoms with van der Waals surface area (Å²) < 4.78 is 5.43. The van der Waals surface area contributed by atoms with Crippen LogP contribution in [0.25, 0.3) is 0 Å². The maximum atomic E-state index is 12.2. The number of rotatable bonds is 5. The third-order valence-corrected chi connectivity index (χ3v) is 3.54. The number of amides is 1. The molecule has 0 aromatic rings. The van der Waals surface area contributed by atoms with Crippen molar-refractivity contribution in [3.8, 4) is 0 Å². The minimum Gasteiger partial charge on any atom is -0.381 e. The topological polar surface area (TPSA) is 55.6 Å². The fourth-order valence-corrected chi connectivity index (χ4v) is 2.37. The van der Waals surface area contributed by atoms with Gasteiger partial charge in [0.05, 0.1) is 12.5 Å². The fraction of sp³-hybridized carbons (Fsp3) is 0.923. The van der Waals surface area contributed by atoms with Crippen molar-refractivity contribution in [2.75, 3.05) is 33.4 Å². The molecule has 0 aromatic heterocycles. The number of hydrogen-bond acceptors (Lipinski definition) is 3. The van der Waals surface area contributed by atoms with E-state index < -0.39 is 0 Å². The van der Waals surface area contributed by atoms with Crippen LogP contribution in [0, 0.1) is 17.8 Å². The molecule has 1 aliphatic heterocycles. The maximum Gasteiger partial charge on any atom is 0.226 e. The molecule has 2 atom stereocenters. The van der Waals surface area contributed by atoms with Gasteiger partial charge < -0.3 is 15.4 Å². The molecular weight excluding hydrogens is 216 g/mol. The van der Waals surface area contributed by atoms with Crippen molar-refractivity contribution in [2.45, 2.75) is 26.7 Å². The number of hydrogen-bond donors (Lipinski definition) is 1. The van der Waals surface area contributed by atoms with Crippen LogP contribution in [-0.2, 0) is 9.53 Å². The number of nitrogens with two attached hydrogens (primary N) is 1. The Hall–Kier alpha value is -0.610. The zero-order chi connectivity index (χ0) is 12.8. The smallest absolute Gasteiger partial charge is 0.226 e. The average Bonchev–Trinajstić information content (AvgIpc) is 2.30. The van der Waals surface area contributed by atoms with E-state index in [-0.39, 0.29) is 11.8 Å². The molecule has 0 aliphatic carbocycles. The summed E-state index contributed by atoms with van der Waals surface area (Å²) in [6.07, 6.45) is 2.27. The molecule has 0 radical (unpaired) electrons. The Kier molecular flexibility index (Phi) is 5.92. The lowest BCUT2D eigenvalue weighted by atomic mass is 9.94. The van der Waals surface area contributed by atoms with Crippen LogP contribution in [0.4, 0.5) is 0 Å². The minimum atomic E-state index is -0.0514. The van der Waals surface area contributed by atoms with E-state index in [9.17, 15) is 4.79 Å². The summed E-state index contributed by atoms with van der Waals surface area (Å²) in [6, 6.07) is 0. The van der Waals surface area contributed by atoms with Gasteiger partial charge in [0.15, 0.2) is 0 Å². The molecule has 0 saturated carbocycles. The Balaban J connectivity index is 2.44. The molecule has 4 nitrogen and oxygen atoms in total. The summed E-state index contributed by atoms with van der Waals surface area (Å²) in [5.41, 5.74) is 5.67. The zero-order valence-corrected chi connectivity index (χ0v) is 11.3. The second-order valence-electron chi connectivity index (χ2n) is 5.39. The summed E-state index contributed by atoms with van der Waals surface area (Å²) in [5, 5.41) is 0. The summed E-state index contributed by atoms with van der Waals surface area (Å²) in [7, 11) is 1.88. The van der Waals surface area contributed by atoms with Crippen molar-refractivity contribution >= 4 is 5.91 Å². The lowest BCUT2D eigenvalue weighted by Crippen LogP contribution is -2.42. The Morgan fingerprint density at radius 1 is 1.53 bits per heavy atom. The predicted molar refractivity (Wildman–Crippen MR) is 68.6 cm³/mol. The van der Waals surface area contributed by atoms with Crippen LogP contribution in [0.2, 0.25) is 0 Å². The second kappa shape index (κ2) is 6.97. The molecule has 100 valence electrons. The standard InChI is InChI=1S/C13H26N2O2/c1-10(2)12(7-14)13(16)15(3)8-11-5-4-6-17-9-11/h10-12H,4-9,14H2,1-3H3. The number of ether oxygens (including phenoxy) is 1. The first-order valence-electron chi connectivity index (χ1n) is 6.59. The summed E-state index contributed by atoms with van der Waals surface area (Å²) in [4.78, 5) is 14.0. The molecule has 2 unspecified atom stereocenters. The second-order valence-corrected chi connectivity index (χ2v) is 5.39. The van der Waals surface area contributed by atoms with Gasteiger partial charge >= 0.3 is 0 Å². The first kappa shape index (κ1) is 14.5. The molecule has 0 spiro atoms. The van der Waals surface area contributed by atoms with Crippen molar-refractivity contribution < 1.29 is 9.53 Å². The van der Waals surface area contributed by atoms with Crippen molar-refractivity contribution in [1.29, 1.82) is 0 Å². The first-order valence-corrected chi connectivity index (χ1v) is 6.59. The van der Waals surface area contributed by atoms with E-state index in [4.69, 9.17) is 10.5 Å². The van der Waals surface area contributed by atoms with Gasteiger partial charge in [0.2, 0.25) is 5.91 Å². The van der Waals surface area contributed by atoms with Crippen LogP contribution in [0.15, 0.2) is 0 Å². The van der Waals surface area contributed by atoms with Crippen molar-refractivity contribution in [1.82, 2.24) is 4.90 Å². The van der Waals surface area contributed by atoms with Crippen LogP contribution in [-0.4, -0.2) is 44.2 Å². The normalized spacial score (nSPS) is 22.5. The SMILES string of the molecule is CC(C)C(CN)C(=O)N(C)CC1CCCOC1. The van der Waals surface area contributed by atoms with Crippen molar-refractivity contribution in [3.05, 3.63) is 0 Å². The first-order chi connectivity index (χ1) is 8.06. The summed E-state index contributed by atoms with van der Waals surface area (Å²) >= 11 is 0. The van der Waals surface area contributed by atoms with Gasteiger partial charge in [-0.15, -0.1) is 0 Å². The van der Waals surface area contributed by atoms with Gasteiger partial charge in [0, 0.05) is 26.7 Å². The fourth-order valence-electron chi connectivity index (χ4n) is 2.37. The highest BCUT2D eigenvalue weighted by molar-refractivity contribution is 5.79. The molecule has 1 saturated heterocycles. The predicted octanol–water partition coefficient (Wildman–Crippen LogP) is 1.10. The highest BCUT2D eigenvalue weighted by Crippen LogP contribution is 2.17. The molecule has 0 aromatic carbocycles. The van der Waals surface area contributed by atoms with E-state index in [2.05, 4.69) is 0 Å². The van der Waals surface area contributed by atoms with Crippen LogP contribution in [0.3, 0.4) is 0 Å². The van der Waals surface area contributed by atoms with E-state index in [0.717, 1.165) is 32.6 Å². The molecule has 1 fully saturated rings. The third-order valence-electron chi connectivity index (χ3n) is 3.54. The Labute approximate surface area is 104 Å². The maximum absolute atomic E-state index is 12.2. The highest BCUT2D eigenvalue weighted by Gasteiger charge is 2.26. The minimum absolute atomic E-state index is 0.0514. The van der Waals surface area contributed by atoms with Gasteiger partial charge in [-0.05, 0) is 24.7 Å². The van der Waals surface area contributed by atoms with Crippen LogP contribution in [0.5, 0.6) is 0 Å². The highest BCUT2D eigenvalue weighted by atomic mass is 16.5. The average molecular weight is 242 g/mol. The lowest BCUT2D eigenvalue weighted by Gasteiger charge is -2.30. The van der Waals surface area contributed by atoms with Gasteiger partial charge in [-0.2, -0.15) is 0 Å². The molecule has 1 heterocycles. The van der Waals surface area contributed by atoms with Gasteiger partial charge in [0.1, 0.15) is 0 Å². The summed E-state index contributed by atoms with van der Waals surface area (Å²) in [6.45, 7) is 6.97. The van der Waals surface area contributed by atoms with E-state index in [1.165, 1.54) is 0 Å². The van der Waals surface area contributed by atoms with Crippen LogP contribution in [0.1, 0.15) is 26.7 Å². The molecule has 2 N–H and O–H groups in total. The molecule has 1 amide bonds. The third kappa shape index (κ3) is 4.28. The number of carbonyl (C=O) groups is 1. The zero-order valence-electron chi connectivity index (χ0n) is 11.3. The summed E-state index contributed by atoms with van der Waals surface area (Å²) in [5.74, 6) is 0.915. The molecule has 17 heavy (non-hydrogen) atoms. The van der Waals surface area contributed by atoms with E-state index >= 15 is 0 Å². The van der Waals surface area contributed by atoms with Crippen LogP contribution < -0.4 is 5.73 Å². The van der Waals surface area contributed by atoms with Gasteiger partial charge in [0.25, 0.3) is 0 Å². The largest absolute Gasteiger partial charge is 0.381 e. The Morgan fingerprint density at radius 2 is 2.24 bits per heavy atom. The lowest BCUT2D eigenvalue weighted by molar-refractivity contribution is -0.136. The molecule has 1 rings (SSSR count). The van der Waals surface area contributed by atoms with Crippen molar-refractivity contribution in [3.63, 3.8) is 0 Å². The van der Waals surface area contributed by atoms with E-state index in [1.54, 1.807) is 0 Å². The molecule has 0 bridgehead atoms. The molecule has 1 aliphatic rings. The van der Waals surface area contributed by atoms with Crippen molar-refractivity contribution in [2.24, 2.45) is 23.5 Å². The monoisotopic (exact) mass is 242 g/mol. The van der Waals surface area contributed by atoms with Gasteiger partial charge in [-0.3, -0.25) is 4.79 Å². The van der Waals surface area contributed by atoms with Crippen LogP contribution >= 0.6 is 0 Å². The molecule has 4 heteroatoms. The van der Waals surface area contributed by atoms with E-state index in [1.807, 2.05) is 25.8 Å². The Morgan fingerprint density at radius 3 is 2.71 bits per heavy atom.